The van der Waals surface area contributed by atoms with Crippen molar-refractivity contribution in [1.29, 1.82) is 0 Å². The summed E-state index contributed by atoms with van der Waals surface area (Å²) in [6.07, 6.45) is 1.12. The first-order valence-corrected chi connectivity index (χ1v) is 15.9. The van der Waals surface area contributed by atoms with Crippen LogP contribution in [0.4, 0.5) is 17.3 Å². The fraction of sp³-hybridized carbons (Fsp3) is 0.237. The van der Waals surface area contributed by atoms with Crippen molar-refractivity contribution in [3.05, 3.63) is 106 Å². The van der Waals surface area contributed by atoms with Gasteiger partial charge in [-0.1, -0.05) is 67.4 Å². The Morgan fingerprint density at radius 2 is 1.71 bits per heavy atom. The Morgan fingerprint density at radius 3 is 2.39 bits per heavy atom. The molecule has 1 heterocycles. The van der Waals surface area contributed by atoms with Crippen LogP contribution in [0.1, 0.15) is 60.2 Å². The molecule has 0 fully saturated rings. The highest BCUT2D eigenvalue weighted by molar-refractivity contribution is 6.13. The van der Waals surface area contributed by atoms with E-state index in [0.29, 0.717) is 28.6 Å². The summed E-state index contributed by atoms with van der Waals surface area (Å²) >= 11 is 0. The minimum Gasteiger partial charge on any atom is -0.506 e. The van der Waals surface area contributed by atoms with E-state index in [1.807, 2.05) is 39.0 Å². The molecule has 0 saturated heterocycles. The van der Waals surface area contributed by atoms with Crippen molar-refractivity contribution in [2.45, 2.75) is 60.0 Å². The van der Waals surface area contributed by atoms with Gasteiger partial charge >= 0.3 is 5.97 Å². The second-order valence-electron chi connectivity index (χ2n) is 11.7. The Hall–Kier alpha value is -6.15. The van der Waals surface area contributed by atoms with E-state index in [1.165, 1.54) is 17.7 Å². The second-order valence-corrected chi connectivity index (χ2v) is 11.7. The third-order valence-corrected chi connectivity index (χ3v) is 7.96. The van der Waals surface area contributed by atoms with E-state index in [1.54, 1.807) is 55.5 Å². The van der Waals surface area contributed by atoms with Gasteiger partial charge in [-0.3, -0.25) is 14.4 Å². The van der Waals surface area contributed by atoms with Crippen molar-refractivity contribution in [2.75, 3.05) is 10.6 Å². The van der Waals surface area contributed by atoms with E-state index in [2.05, 4.69) is 20.6 Å². The highest BCUT2D eigenvalue weighted by Crippen LogP contribution is 2.40. The zero-order chi connectivity index (χ0) is 35.2. The molecule has 49 heavy (non-hydrogen) atoms. The van der Waals surface area contributed by atoms with Gasteiger partial charge in [-0.05, 0) is 69.0 Å². The molecule has 3 N–H and O–H groups in total. The predicted molar refractivity (Wildman–Crippen MR) is 188 cm³/mol. The molecule has 5 aromatic rings. The number of amides is 2. The number of anilines is 2. The number of carbonyl (C=O) groups excluding carboxylic acids is 3. The van der Waals surface area contributed by atoms with Gasteiger partial charge in [0.05, 0.1) is 17.8 Å². The number of nitrogens with zero attached hydrogens (tertiary/aromatic N) is 3. The number of nitrogens with one attached hydrogen (secondary N) is 2. The number of rotatable bonds is 11. The summed E-state index contributed by atoms with van der Waals surface area (Å²) < 4.78 is 13.0. The summed E-state index contributed by atoms with van der Waals surface area (Å²) in [5.41, 5.74) is 2.85. The number of fused-ring (bicyclic) bond motifs is 1. The highest BCUT2D eigenvalue weighted by atomic mass is 16.5. The van der Waals surface area contributed by atoms with Crippen molar-refractivity contribution in [2.24, 2.45) is 0 Å². The molecule has 0 saturated carbocycles. The number of phenolic OH excluding ortho intramolecular Hbond substituents is 1. The average Bonchev–Trinajstić information content (AvgIpc) is 3.41. The Labute approximate surface area is 284 Å². The van der Waals surface area contributed by atoms with Crippen LogP contribution in [0, 0.1) is 27.3 Å². The van der Waals surface area contributed by atoms with E-state index in [-0.39, 0.29) is 34.4 Å². The third kappa shape index (κ3) is 7.39. The lowest BCUT2D eigenvalue weighted by Crippen LogP contribution is -2.33. The lowest BCUT2D eigenvalue weighted by molar-refractivity contribution is -0.131. The molecular formula is C38H37N5O6. The van der Waals surface area contributed by atoms with E-state index in [9.17, 15) is 19.5 Å². The molecular weight excluding hydrogens is 622 g/mol. The molecule has 4 aromatic carbocycles. The summed E-state index contributed by atoms with van der Waals surface area (Å²) in [6, 6.07) is 20.9. The average molecular weight is 660 g/mol. The number of hydrogen-bond donors (Lipinski definition) is 3. The smallest absolute Gasteiger partial charge is 0.308 e. The normalized spacial score (nSPS) is 11.4. The van der Waals surface area contributed by atoms with Crippen LogP contribution in [-0.2, 0) is 9.59 Å². The number of ether oxygens (including phenoxy) is 2. The van der Waals surface area contributed by atoms with Gasteiger partial charge in [-0.2, -0.15) is 5.10 Å². The van der Waals surface area contributed by atoms with Crippen LogP contribution in [-0.4, -0.2) is 38.8 Å². The molecule has 1 atom stereocenters. The van der Waals surface area contributed by atoms with Crippen molar-refractivity contribution in [3.8, 4) is 22.9 Å². The molecule has 11 heteroatoms. The van der Waals surface area contributed by atoms with Crippen LogP contribution in [0.3, 0.4) is 0 Å². The van der Waals surface area contributed by atoms with Gasteiger partial charge in [0.2, 0.25) is 0 Å². The molecule has 0 bridgehead atoms. The second kappa shape index (κ2) is 14.7. The van der Waals surface area contributed by atoms with Crippen molar-refractivity contribution in [3.63, 3.8) is 0 Å². The van der Waals surface area contributed by atoms with Crippen LogP contribution < -0.4 is 20.1 Å². The van der Waals surface area contributed by atoms with E-state index in [0.717, 1.165) is 29.5 Å². The van der Waals surface area contributed by atoms with Gasteiger partial charge in [0.1, 0.15) is 23.1 Å². The summed E-state index contributed by atoms with van der Waals surface area (Å²) in [6.45, 7) is 17.0. The fourth-order valence-corrected chi connectivity index (χ4v) is 5.58. The largest absolute Gasteiger partial charge is 0.506 e. The Kier molecular flexibility index (Phi) is 10.3. The number of aryl methyl sites for hydroxylation is 3. The standard InChI is InChI=1S/C38H37N5O6/c1-7-8-17-30(49-29-19-18-22(2)20-24(29)4)38(47)40-35-33(39-6)36(43(42-35)26-14-10-9-11-15-26)41-37(46)28-21-31(48-25(5)44)32-23(3)13-12-16-27(32)34(28)45/h9-16,18-21,30,45H,7-8,17H2,1-5H3,(H,41,46)(H,40,42,47). The topological polar surface area (TPSA) is 136 Å². The van der Waals surface area contributed by atoms with Crippen molar-refractivity contribution >= 4 is 45.9 Å². The molecule has 11 nitrogen and oxygen atoms in total. The molecule has 0 aliphatic carbocycles. The molecule has 250 valence electrons. The van der Waals surface area contributed by atoms with Gasteiger partial charge < -0.3 is 25.2 Å². The molecule has 0 aliphatic heterocycles. The molecule has 0 radical (unpaired) electrons. The maximum absolute atomic E-state index is 13.9. The first-order valence-electron chi connectivity index (χ1n) is 15.9. The molecule has 5 rings (SSSR count). The van der Waals surface area contributed by atoms with E-state index >= 15 is 0 Å². The number of aromatic hydroxyl groups is 1. The zero-order valence-corrected chi connectivity index (χ0v) is 28.0. The molecule has 2 amide bonds. The maximum Gasteiger partial charge on any atom is 0.308 e. The summed E-state index contributed by atoms with van der Waals surface area (Å²) in [5.74, 6) is -1.68. The minimum absolute atomic E-state index is 0.0420. The highest BCUT2D eigenvalue weighted by Gasteiger charge is 2.28. The SMILES string of the molecule is [C-]#[N+]c1c(NC(=O)C(CCCC)Oc2ccc(C)cc2C)nn(-c2ccccc2)c1NC(=O)c1cc(OC(C)=O)c2c(C)cccc2c1O. The number of aromatic nitrogens is 2. The number of benzene rings is 4. The van der Waals surface area contributed by atoms with Gasteiger partial charge in [0.25, 0.3) is 17.5 Å². The lowest BCUT2D eigenvalue weighted by Gasteiger charge is -2.19. The van der Waals surface area contributed by atoms with Crippen molar-refractivity contribution < 1.29 is 29.0 Å². The van der Waals surface area contributed by atoms with Gasteiger partial charge in [0, 0.05) is 17.7 Å². The lowest BCUT2D eigenvalue weighted by atomic mass is 10.00. The number of unbranched alkanes of at least 4 members (excludes halogenated alkanes) is 1. The number of hydrogen-bond acceptors (Lipinski definition) is 7. The minimum atomic E-state index is -0.877. The molecule has 0 aliphatic rings. The first kappa shape index (κ1) is 34.2. The summed E-state index contributed by atoms with van der Waals surface area (Å²) in [7, 11) is 0. The van der Waals surface area contributed by atoms with Gasteiger partial charge in [-0.15, -0.1) is 0 Å². The molecule has 0 spiro atoms. The first-order chi connectivity index (χ1) is 23.5. The van der Waals surface area contributed by atoms with Crippen LogP contribution >= 0.6 is 0 Å². The number of phenols is 1. The quantitative estimate of drug-likeness (QED) is 0.0743. The zero-order valence-electron chi connectivity index (χ0n) is 28.0. The van der Waals surface area contributed by atoms with Crippen LogP contribution in [0.2, 0.25) is 0 Å². The van der Waals surface area contributed by atoms with Crippen LogP contribution in [0.25, 0.3) is 21.3 Å². The molecule has 1 unspecified atom stereocenters. The Bertz CT molecular complexity index is 2100. The third-order valence-electron chi connectivity index (χ3n) is 7.96. The Morgan fingerprint density at radius 1 is 0.959 bits per heavy atom. The summed E-state index contributed by atoms with van der Waals surface area (Å²) in [5, 5.41) is 22.1. The van der Waals surface area contributed by atoms with Crippen LogP contribution in [0.15, 0.2) is 72.8 Å². The molecule has 1 aromatic heterocycles. The number of para-hydroxylation sites is 1. The number of carbonyl (C=O) groups is 3. The summed E-state index contributed by atoms with van der Waals surface area (Å²) in [4.78, 5) is 43.3. The maximum atomic E-state index is 13.9. The van der Waals surface area contributed by atoms with Gasteiger partial charge in [-0.25, -0.2) is 9.53 Å². The predicted octanol–water partition coefficient (Wildman–Crippen LogP) is 7.96. The fourth-order valence-electron chi connectivity index (χ4n) is 5.58. The Balaban J connectivity index is 1.55. The van der Waals surface area contributed by atoms with Crippen molar-refractivity contribution in [1.82, 2.24) is 9.78 Å². The van der Waals surface area contributed by atoms with E-state index < -0.39 is 23.9 Å². The number of esters is 1. The van der Waals surface area contributed by atoms with E-state index in [4.69, 9.17) is 16.0 Å². The van der Waals surface area contributed by atoms with Gasteiger partial charge in [0.15, 0.2) is 11.9 Å². The van der Waals surface area contributed by atoms with Crippen LogP contribution in [0.5, 0.6) is 17.2 Å². The monoisotopic (exact) mass is 659 g/mol.